The van der Waals surface area contributed by atoms with Gasteiger partial charge in [0.15, 0.2) is 0 Å². The van der Waals surface area contributed by atoms with Crippen LogP contribution < -0.4 is 0 Å². The van der Waals surface area contributed by atoms with E-state index >= 15 is 0 Å². The van der Waals surface area contributed by atoms with E-state index in [0.717, 1.165) is 19.5 Å². The second kappa shape index (κ2) is 4.90. The number of pyridine rings is 1. The van der Waals surface area contributed by atoms with Gasteiger partial charge in [-0.3, -0.25) is 9.88 Å². The van der Waals surface area contributed by atoms with Crippen LogP contribution in [0.15, 0.2) is 24.5 Å². The molecule has 0 aromatic carbocycles. The van der Waals surface area contributed by atoms with Crippen LogP contribution >= 0.6 is 0 Å². The predicted molar refractivity (Wildman–Crippen MR) is 57.9 cm³/mol. The molecule has 1 atom stereocenters. The molecule has 2 rings (SSSR count). The maximum Gasteiger partial charge on any atom is 0.0980 e. The summed E-state index contributed by atoms with van der Waals surface area (Å²) in [6.45, 7) is 1.92. The summed E-state index contributed by atoms with van der Waals surface area (Å²) >= 11 is 0. The molecule has 0 N–H and O–H groups in total. The van der Waals surface area contributed by atoms with Gasteiger partial charge in [0, 0.05) is 18.9 Å². The molecule has 2 heterocycles. The highest BCUT2D eigenvalue weighted by molar-refractivity contribution is 5.10. The molecule has 0 spiro atoms. The Hall–Kier alpha value is -1.40. The summed E-state index contributed by atoms with van der Waals surface area (Å²) in [4.78, 5) is 6.26. The third-order valence-electron chi connectivity index (χ3n) is 2.90. The molecule has 1 aromatic heterocycles. The lowest BCUT2D eigenvalue weighted by atomic mass is 10.0. The number of aromatic nitrogens is 1. The van der Waals surface area contributed by atoms with Gasteiger partial charge >= 0.3 is 0 Å². The minimum atomic E-state index is 0.104. The van der Waals surface area contributed by atoms with Crippen molar-refractivity contribution in [3.8, 4) is 6.07 Å². The Morgan fingerprint density at radius 3 is 2.93 bits per heavy atom. The van der Waals surface area contributed by atoms with E-state index < -0.39 is 0 Å². The molecular formula is C12H15N3. The Morgan fingerprint density at radius 1 is 1.40 bits per heavy atom. The summed E-state index contributed by atoms with van der Waals surface area (Å²) < 4.78 is 0. The first kappa shape index (κ1) is 10.1. The predicted octanol–water partition coefficient (Wildman–Crippen LogP) is 1.96. The number of piperidine rings is 1. The fraction of sp³-hybridized carbons (Fsp3) is 0.500. The largest absolute Gasteiger partial charge is 0.284 e. The van der Waals surface area contributed by atoms with E-state index in [-0.39, 0.29) is 6.04 Å². The van der Waals surface area contributed by atoms with Crippen LogP contribution in [0.5, 0.6) is 0 Å². The van der Waals surface area contributed by atoms with Crippen LogP contribution in [0.4, 0.5) is 0 Å². The zero-order chi connectivity index (χ0) is 10.5. The van der Waals surface area contributed by atoms with Crippen molar-refractivity contribution in [3.63, 3.8) is 0 Å². The van der Waals surface area contributed by atoms with Crippen LogP contribution in [0, 0.1) is 11.3 Å². The van der Waals surface area contributed by atoms with E-state index in [1.807, 2.05) is 12.1 Å². The molecule has 1 fully saturated rings. The lowest BCUT2D eigenvalue weighted by Gasteiger charge is -2.31. The number of nitriles is 1. The molecule has 78 valence electrons. The van der Waals surface area contributed by atoms with Crippen LogP contribution in [0.2, 0.25) is 0 Å². The molecule has 1 aliphatic rings. The minimum Gasteiger partial charge on any atom is -0.284 e. The van der Waals surface area contributed by atoms with Crippen LogP contribution in [-0.2, 0) is 6.54 Å². The lowest BCUT2D eigenvalue weighted by molar-refractivity contribution is 0.176. The second-order valence-corrected chi connectivity index (χ2v) is 3.97. The molecule has 0 bridgehead atoms. The highest BCUT2D eigenvalue weighted by Crippen LogP contribution is 2.18. The second-order valence-electron chi connectivity index (χ2n) is 3.97. The third-order valence-corrected chi connectivity index (χ3v) is 2.90. The van der Waals surface area contributed by atoms with Crippen molar-refractivity contribution in [1.82, 2.24) is 9.88 Å². The van der Waals surface area contributed by atoms with Gasteiger partial charge in [-0.2, -0.15) is 5.26 Å². The molecule has 1 aromatic rings. The SMILES string of the molecule is N#CC1CCCCN1Cc1ccncc1. The minimum absolute atomic E-state index is 0.104. The normalized spacial score (nSPS) is 22.2. The van der Waals surface area contributed by atoms with E-state index in [2.05, 4.69) is 16.0 Å². The highest BCUT2D eigenvalue weighted by atomic mass is 15.2. The zero-order valence-corrected chi connectivity index (χ0v) is 8.76. The van der Waals surface area contributed by atoms with E-state index in [1.165, 1.54) is 18.4 Å². The van der Waals surface area contributed by atoms with Crippen LogP contribution in [0.1, 0.15) is 24.8 Å². The van der Waals surface area contributed by atoms with Gasteiger partial charge in [0.25, 0.3) is 0 Å². The highest BCUT2D eigenvalue weighted by Gasteiger charge is 2.21. The Bertz CT molecular complexity index is 342. The molecule has 3 nitrogen and oxygen atoms in total. The first-order valence-electron chi connectivity index (χ1n) is 5.43. The van der Waals surface area contributed by atoms with Gasteiger partial charge in [-0.1, -0.05) is 0 Å². The summed E-state index contributed by atoms with van der Waals surface area (Å²) in [5, 5.41) is 9.04. The molecule has 1 unspecified atom stereocenters. The Morgan fingerprint density at radius 2 is 2.20 bits per heavy atom. The average Bonchev–Trinajstić information content (AvgIpc) is 2.31. The van der Waals surface area contributed by atoms with Gasteiger partial charge in [-0.05, 0) is 43.5 Å². The van der Waals surface area contributed by atoms with Gasteiger partial charge in [0.2, 0.25) is 0 Å². The van der Waals surface area contributed by atoms with Gasteiger partial charge in [-0.25, -0.2) is 0 Å². The van der Waals surface area contributed by atoms with Gasteiger partial charge in [-0.15, -0.1) is 0 Å². The zero-order valence-electron chi connectivity index (χ0n) is 8.76. The van der Waals surface area contributed by atoms with Crippen molar-refractivity contribution in [2.45, 2.75) is 31.8 Å². The van der Waals surface area contributed by atoms with Gasteiger partial charge in [0.1, 0.15) is 0 Å². The van der Waals surface area contributed by atoms with Crippen molar-refractivity contribution < 1.29 is 0 Å². The molecule has 0 aliphatic carbocycles. The van der Waals surface area contributed by atoms with Gasteiger partial charge in [0.05, 0.1) is 12.1 Å². The third kappa shape index (κ3) is 2.54. The van der Waals surface area contributed by atoms with E-state index in [0.29, 0.717) is 0 Å². The Labute approximate surface area is 90.4 Å². The van der Waals surface area contributed by atoms with Crippen molar-refractivity contribution in [2.24, 2.45) is 0 Å². The van der Waals surface area contributed by atoms with Gasteiger partial charge < -0.3 is 0 Å². The molecule has 1 aliphatic heterocycles. The molecule has 1 saturated heterocycles. The van der Waals surface area contributed by atoms with E-state index in [4.69, 9.17) is 5.26 Å². The topological polar surface area (TPSA) is 39.9 Å². The summed E-state index contributed by atoms with van der Waals surface area (Å²) in [7, 11) is 0. The first-order chi connectivity index (χ1) is 7.40. The Balaban J connectivity index is 2.01. The van der Waals surface area contributed by atoms with E-state index in [9.17, 15) is 0 Å². The fourth-order valence-electron chi connectivity index (χ4n) is 2.05. The Kier molecular flexibility index (Phi) is 3.31. The van der Waals surface area contributed by atoms with Crippen molar-refractivity contribution in [1.29, 1.82) is 5.26 Å². The van der Waals surface area contributed by atoms with Crippen LogP contribution in [0.25, 0.3) is 0 Å². The molecule has 0 radical (unpaired) electrons. The quantitative estimate of drug-likeness (QED) is 0.734. The number of hydrogen-bond donors (Lipinski definition) is 0. The molecule has 0 amide bonds. The number of hydrogen-bond acceptors (Lipinski definition) is 3. The van der Waals surface area contributed by atoms with Crippen LogP contribution in [-0.4, -0.2) is 22.5 Å². The van der Waals surface area contributed by atoms with Crippen LogP contribution in [0.3, 0.4) is 0 Å². The number of nitrogens with zero attached hydrogens (tertiary/aromatic N) is 3. The lowest BCUT2D eigenvalue weighted by Crippen LogP contribution is -2.37. The monoisotopic (exact) mass is 201 g/mol. The first-order valence-corrected chi connectivity index (χ1v) is 5.43. The summed E-state index contributed by atoms with van der Waals surface area (Å²) in [5.41, 5.74) is 1.24. The molecule has 3 heteroatoms. The van der Waals surface area contributed by atoms with Crippen molar-refractivity contribution in [2.75, 3.05) is 6.54 Å². The molecular weight excluding hydrogens is 186 g/mol. The summed E-state index contributed by atoms with van der Waals surface area (Å²) in [6.07, 6.45) is 7.03. The fourth-order valence-corrected chi connectivity index (χ4v) is 2.05. The van der Waals surface area contributed by atoms with Crippen molar-refractivity contribution in [3.05, 3.63) is 30.1 Å². The molecule has 0 saturated carbocycles. The van der Waals surface area contributed by atoms with Crippen molar-refractivity contribution >= 4 is 0 Å². The maximum atomic E-state index is 9.04. The number of rotatable bonds is 2. The smallest absolute Gasteiger partial charge is 0.0980 e. The standard InChI is InChI=1S/C12H15N3/c13-9-12-3-1-2-8-15(12)10-11-4-6-14-7-5-11/h4-7,12H,1-3,8,10H2. The van der Waals surface area contributed by atoms with E-state index in [1.54, 1.807) is 12.4 Å². The summed E-state index contributed by atoms with van der Waals surface area (Å²) in [5.74, 6) is 0. The molecule has 15 heavy (non-hydrogen) atoms. The maximum absolute atomic E-state index is 9.04. The number of likely N-dealkylation sites (tertiary alicyclic amines) is 1. The summed E-state index contributed by atoms with van der Waals surface area (Å²) in [6, 6.07) is 6.52. The average molecular weight is 201 g/mol.